The zero-order valence-electron chi connectivity index (χ0n) is 16.8. The SMILES string of the molecule is CCc1ccccc1NC(=O)CNC(=O)CCn1c(=O)n(CC)c2ccccc21. The Kier molecular flexibility index (Phi) is 6.49. The van der Waals surface area contributed by atoms with E-state index in [2.05, 4.69) is 10.6 Å². The quantitative estimate of drug-likeness (QED) is 0.616. The minimum atomic E-state index is -0.279. The molecule has 0 aliphatic heterocycles. The van der Waals surface area contributed by atoms with E-state index in [9.17, 15) is 14.4 Å². The van der Waals surface area contributed by atoms with Gasteiger partial charge in [0.25, 0.3) is 0 Å². The molecule has 0 spiro atoms. The fraction of sp³-hybridized carbons (Fsp3) is 0.318. The van der Waals surface area contributed by atoms with E-state index < -0.39 is 0 Å². The first-order valence-electron chi connectivity index (χ1n) is 9.87. The maximum absolute atomic E-state index is 12.6. The largest absolute Gasteiger partial charge is 0.347 e. The number of aryl methyl sites for hydroxylation is 3. The van der Waals surface area contributed by atoms with E-state index in [4.69, 9.17) is 0 Å². The normalized spacial score (nSPS) is 10.8. The first kappa shape index (κ1) is 20.4. The van der Waals surface area contributed by atoms with Gasteiger partial charge >= 0.3 is 5.69 Å². The summed E-state index contributed by atoms with van der Waals surface area (Å²) < 4.78 is 3.29. The number of amides is 2. The van der Waals surface area contributed by atoms with Gasteiger partial charge < -0.3 is 10.6 Å². The number of carbonyl (C=O) groups excluding carboxylic acids is 2. The summed E-state index contributed by atoms with van der Waals surface area (Å²) in [5, 5.41) is 5.45. The number of rotatable bonds is 8. The summed E-state index contributed by atoms with van der Waals surface area (Å²) in [7, 11) is 0. The molecule has 0 saturated heterocycles. The second kappa shape index (κ2) is 9.23. The molecule has 152 valence electrons. The maximum Gasteiger partial charge on any atom is 0.329 e. The summed E-state index contributed by atoms with van der Waals surface area (Å²) in [5.41, 5.74) is 3.33. The van der Waals surface area contributed by atoms with E-state index in [0.717, 1.165) is 28.7 Å². The van der Waals surface area contributed by atoms with Gasteiger partial charge in [-0.05, 0) is 37.1 Å². The van der Waals surface area contributed by atoms with Crippen LogP contribution in [0.15, 0.2) is 53.3 Å². The molecule has 0 fully saturated rings. The highest BCUT2D eigenvalue weighted by atomic mass is 16.2. The van der Waals surface area contributed by atoms with Crippen molar-refractivity contribution in [3.05, 3.63) is 64.6 Å². The third kappa shape index (κ3) is 4.56. The lowest BCUT2D eigenvalue weighted by Gasteiger charge is -2.10. The van der Waals surface area contributed by atoms with Crippen LogP contribution in [0.2, 0.25) is 0 Å². The molecule has 2 N–H and O–H groups in total. The van der Waals surface area contributed by atoms with Crippen LogP contribution in [-0.2, 0) is 29.1 Å². The molecule has 7 heteroatoms. The van der Waals surface area contributed by atoms with Crippen molar-refractivity contribution in [1.29, 1.82) is 0 Å². The summed E-state index contributed by atoms with van der Waals surface area (Å²) in [6.45, 7) is 4.66. The molecule has 0 bridgehead atoms. The predicted octanol–water partition coefficient (Wildman–Crippen LogP) is 2.53. The van der Waals surface area contributed by atoms with Gasteiger partial charge in [0.2, 0.25) is 11.8 Å². The van der Waals surface area contributed by atoms with E-state index in [-0.39, 0.29) is 37.0 Å². The lowest BCUT2D eigenvalue weighted by Crippen LogP contribution is -2.34. The first-order chi connectivity index (χ1) is 14.0. The van der Waals surface area contributed by atoms with Crippen molar-refractivity contribution in [3.8, 4) is 0 Å². The molecule has 2 aromatic carbocycles. The number of hydrogen-bond donors (Lipinski definition) is 2. The molecule has 0 unspecified atom stereocenters. The minimum Gasteiger partial charge on any atom is -0.347 e. The topological polar surface area (TPSA) is 85.1 Å². The molecule has 0 radical (unpaired) electrons. The first-order valence-corrected chi connectivity index (χ1v) is 9.87. The summed E-state index contributed by atoms with van der Waals surface area (Å²) in [6, 6.07) is 15.1. The molecular formula is C22H26N4O3. The number of hydrogen-bond acceptors (Lipinski definition) is 3. The van der Waals surface area contributed by atoms with E-state index in [0.29, 0.717) is 6.54 Å². The average molecular weight is 394 g/mol. The van der Waals surface area contributed by atoms with Crippen LogP contribution in [0.3, 0.4) is 0 Å². The van der Waals surface area contributed by atoms with Gasteiger partial charge in [0.15, 0.2) is 0 Å². The number of nitrogens with zero attached hydrogens (tertiary/aromatic N) is 2. The highest BCUT2D eigenvalue weighted by Crippen LogP contribution is 2.15. The minimum absolute atomic E-state index is 0.109. The Labute approximate surface area is 169 Å². The molecule has 3 aromatic rings. The molecule has 0 atom stereocenters. The highest BCUT2D eigenvalue weighted by Gasteiger charge is 2.13. The Morgan fingerprint density at radius 1 is 0.897 bits per heavy atom. The lowest BCUT2D eigenvalue weighted by molar-refractivity contribution is -0.124. The number of nitrogens with one attached hydrogen (secondary N) is 2. The summed E-state index contributed by atoms with van der Waals surface area (Å²) in [6.07, 6.45) is 0.930. The standard InChI is InChI=1S/C22H26N4O3/c1-3-16-9-5-6-10-17(16)24-21(28)15-23-20(27)13-14-26-19-12-8-7-11-18(19)25(4-2)22(26)29/h5-12H,3-4,13-15H2,1-2H3,(H,23,27)(H,24,28). The Morgan fingerprint density at radius 2 is 1.55 bits per heavy atom. The van der Waals surface area contributed by atoms with Gasteiger partial charge in [0.1, 0.15) is 0 Å². The van der Waals surface area contributed by atoms with Crippen LogP contribution < -0.4 is 16.3 Å². The van der Waals surface area contributed by atoms with Gasteiger partial charge in [-0.15, -0.1) is 0 Å². The Balaban J connectivity index is 1.57. The fourth-order valence-electron chi connectivity index (χ4n) is 3.42. The third-order valence-corrected chi connectivity index (χ3v) is 4.92. The van der Waals surface area contributed by atoms with Crippen molar-refractivity contribution in [2.75, 3.05) is 11.9 Å². The molecule has 3 rings (SSSR count). The zero-order chi connectivity index (χ0) is 20.8. The lowest BCUT2D eigenvalue weighted by atomic mass is 10.1. The van der Waals surface area contributed by atoms with Crippen LogP contribution in [0.5, 0.6) is 0 Å². The summed E-state index contributed by atoms with van der Waals surface area (Å²) >= 11 is 0. The van der Waals surface area contributed by atoms with Crippen molar-refractivity contribution in [2.24, 2.45) is 0 Å². The Morgan fingerprint density at radius 3 is 2.24 bits per heavy atom. The van der Waals surface area contributed by atoms with Gasteiger partial charge in [-0.2, -0.15) is 0 Å². The van der Waals surface area contributed by atoms with Gasteiger partial charge in [-0.25, -0.2) is 4.79 Å². The summed E-state index contributed by atoms with van der Waals surface area (Å²) in [5.74, 6) is -0.553. The number of benzene rings is 2. The number of para-hydroxylation sites is 3. The second-order valence-electron chi connectivity index (χ2n) is 6.75. The van der Waals surface area contributed by atoms with E-state index in [1.54, 1.807) is 9.13 Å². The van der Waals surface area contributed by atoms with Crippen LogP contribution in [-0.4, -0.2) is 27.5 Å². The van der Waals surface area contributed by atoms with Crippen molar-refractivity contribution in [3.63, 3.8) is 0 Å². The molecule has 1 aromatic heterocycles. The van der Waals surface area contributed by atoms with Gasteiger partial charge in [-0.3, -0.25) is 18.7 Å². The van der Waals surface area contributed by atoms with E-state index in [1.165, 1.54) is 0 Å². The molecule has 0 aliphatic rings. The van der Waals surface area contributed by atoms with Crippen LogP contribution in [0.25, 0.3) is 11.0 Å². The Hall–Kier alpha value is -3.35. The maximum atomic E-state index is 12.6. The molecule has 1 heterocycles. The molecule has 29 heavy (non-hydrogen) atoms. The van der Waals surface area contributed by atoms with Gasteiger partial charge in [0, 0.05) is 25.2 Å². The third-order valence-electron chi connectivity index (χ3n) is 4.92. The van der Waals surface area contributed by atoms with Crippen LogP contribution in [0, 0.1) is 0 Å². The predicted molar refractivity (Wildman–Crippen MR) is 114 cm³/mol. The molecular weight excluding hydrogens is 368 g/mol. The number of aromatic nitrogens is 2. The number of anilines is 1. The van der Waals surface area contributed by atoms with Crippen molar-refractivity contribution in [2.45, 2.75) is 39.8 Å². The number of imidazole rings is 1. The van der Waals surface area contributed by atoms with Crippen molar-refractivity contribution in [1.82, 2.24) is 14.5 Å². The Bertz CT molecular complexity index is 1080. The molecule has 0 saturated carbocycles. The van der Waals surface area contributed by atoms with Crippen molar-refractivity contribution >= 4 is 28.5 Å². The molecule has 0 aliphatic carbocycles. The van der Waals surface area contributed by atoms with Crippen LogP contribution in [0.1, 0.15) is 25.8 Å². The van der Waals surface area contributed by atoms with Crippen molar-refractivity contribution < 1.29 is 9.59 Å². The average Bonchev–Trinajstić information content (AvgIpc) is 3.01. The molecule has 7 nitrogen and oxygen atoms in total. The zero-order valence-corrected chi connectivity index (χ0v) is 16.8. The van der Waals surface area contributed by atoms with E-state index >= 15 is 0 Å². The second-order valence-corrected chi connectivity index (χ2v) is 6.75. The monoisotopic (exact) mass is 394 g/mol. The number of fused-ring (bicyclic) bond motifs is 1. The molecule has 2 amide bonds. The van der Waals surface area contributed by atoms with Crippen LogP contribution >= 0.6 is 0 Å². The van der Waals surface area contributed by atoms with Gasteiger partial charge in [0.05, 0.1) is 17.6 Å². The van der Waals surface area contributed by atoms with Crippen LogP contribution in [0.4, 0.5) is 5.69 Å². The van der Waals surface area contributed by atoms with Gasteiger partial charge in [-0.1, -0.05) is 37.3 Å². The van der Waals surface area contributed by atoms with E-state index in [1.807, 2.05) is 62.4 Å². The summed E-state index contributed by atoms with van der Waals surface area (Å²) in [4.78, 5) is 36.9. The fourth-order valence-corrected chi connectivity index (χ4v) is 3.42. The number of carbonyl (C=O) groups is 2. The smallest absolute Gasteiger partial charge is 0.329 e. The highest BCUT2D eigenvalue weighted by molar-refractivity contribution is 5.95.